The molecule has 90 valence electrons. The largest absolute Gasteiger partial charge is 0.423 e. The number of nitrogens with zero attached hydrogens (tertiary/aromatic N) is 3. The van der Waals surface area contributed by atoms with Crippen molar-refractivity contribution in [3.05, 3.63) is 24.0 Å². The van der Waals surface area contributed by atoms with Crippen LogP contribution < -0.4 is 4.23 Å². The van der Waals surface area contributed by atoms with Crippen molar-refractivity contribution in [3.63, 3.8) is 0 Å². The van der Waals surface area contributed by atoms with Crippen LogP contribution in [-0.2, 0) is 0 Å². The molecule has 0 spiro atoms. The Morgan fingerprint density at radius 3 is 2.18 bits per heavy atom. The Hall–Kier alpha value is -1.13. The van der Waals surface area contributed by atoms with Crippen LogP contribution in [0.3, 0.4) is 0 Å². The van der Waals surface area contributed by atoms with Crippen LogP contribution in [0.15, 0.2) is 18.3 Å². The predicted molar refractivity (Wildman–Crippen MR) is 76.0 cm³/mol. The topological polar surface area (TPSA) is 39.9 Å². The smallest absolute Gasteiger partial charge is 0.141 e. The summed E-state index contributed by atoms with van der Waals surface area (Å²) < 4.78 is 2.70. The first-order chi connectivity index (χ1) is 7.87. The van der Waals surface area contributed by atoms with Crippen molar-refractivity contribution in [2.24, 2.45) is 0 Å². The molecule has 0 N–H and O–H groups in total. The van der Waals surface area contributed by atoms with Crippen LogP contribution in [0.5, 0.6) is 0 Å². The third kappa shape index (κ3) is 2.15. The number of hydrogen-bond acceptors (Lipinski definition) is 3. The lowest BCUT2D eigenvalue weighted by molar-refractivity contribution is 1.24. The summed E-state index contributed by atoms with van der Waals surface area (Å²) in [6.45, 7) is 9.75. The van der Waals surface area contributed by atoms with E-state index in [1.807, 2.05) is 12.3 Å². The maximum Gasteiger partial charge on any atom is 0.141 e. The van der Waals surface area contributed by atoms with E-state index >= 15 is 0 Å². The summed E-state index contributed by atoms with van der Waals surface area (Å²) in [6.07, 6.45) is 1.88. The molecule has 0 atom stereocenters. The zero-order valence-electron chi connectivity index (χ0n) is 11.0. The molecule has 3 nitrogen and oxygen atoms in total. The number of anilines is 1. The van der Waals surface area contributed by atoms with Crippen molar-refractivity contribution >= 4 is 22.2 Å². The van der Waals surface area contributed by atoms with Crippen molar-refractivity contribution in [2.75, 3.05) is 4.23 Å². The van der Waals surface area contributed by atoms with Crippen molar-refractivity contribution in [3.8, 4) is 6.07 Å². The van der Waals surface area contributed by atoms with E-state index in [4.69, 9.17) is 5.26 Å². The highest BCUT2D eigenvalue weighted by molar-refractivity contribution is 7.04. The molecular formula is C12H19N3Si2. The predicted octanol–water partition coefficient (Wildman–Crippen LogP) is 3.18. The van der Waals surface area contributed by atoms with Gasteiger partial charge >= 0.3 is 0 Å². The lowest BCUT2D eigenvalue weighted by Crippen LogP contribution is -2.55. The molecular weight excluding hydrogens is 242 g/mol. The molecule has 2 heterocycles. The Morgan fingerprint density at radius 2 is 1.76 bits per heavy atom. The van der Waals surface area contributed by atoms with Crippen molar-refractivity contribution < 1.29 is 0 Å². The van der Waals surface area contributed by atoms with E-state index < -0.39 is 16.5 Å². The van der Waals surface area contributed by atoms with Crippen LogP contribution in [0.25, 0.3) is 0 Å². The summed E-state index contributed by atoms with van der Waals surface area (Å²) in [7, 11) is -2.60. The number of nitriles is 1. The highest BCUT2D eigenvalue weighted by Gasteiger charge is 2.47. The van der Waals surface area contributed by atoms with Gasteiger partial charge in [0, 0.05) is 5.69 Å². The monoisotopic (exact) mass is 261 g/mol. The Morgan fingerprint density at radius 1 is 1.18 bits per heavy atom. The maximum absolute atomic E-state index is 8.79. The van der Waals surface area contributed by atoms with Gasteiger partial charge in [-0.3, -0.25) is 0 Å². The number of rotatable bonds is 1. The molecule has 0 saturated carbocycles. The second kappa shape index (κ2) is 3.96. The molecule has 2 rings (SSSR count). The van der Waals surface area contributed by atoms with E-state index in [1.165, 1.54) is 17.8 Å². The van der Waals surface area contributed by atoms with Crippen LogP contribution in [0, 0.1) is 11.3 Å². The van der Waals surface area contributed by atoms with Gasteiger partial charge in [0.15, 0.2) is 0 Å². The first-order valence-electron chi connectivity index (χ1n) is 6.03. The minimum Gasteiger partial charge on any atom is -0.423 e. The van der Waals surface area contributed by atoms with Crippen molar-refractivity contribution in [1.29, 1.82) is 5.26 Å². The number of aromatic nitrogens is 1. The van der Waals surface area contributed by atoms with Gasteiger partial charge in [0.1, 0.15) is 28.2 Å². The summed E-state index contributed by atoms with van der Waals surface area (Å²) in [4.78, 5) is 4.21. The van der Waals surface area contributed by atoms with Gasteiger partial charge in [0.05, 0.1) is 6.20 Å². The average Bonchev–Trinajstić information content (AvgIpc) is 2.49. The molecule has 5 heteroatoms. The van der Waals surface area contributed by atoms with E-state index in [1.54, 1.807) is 0 Å². The van der Waals surface area contributed by atoms with Gasteiger partial charge in [0.25, 0.3) is 0 Å². The quantitative estimate of drug-likeness (QED) is 0.729. The fraction of sp³-hybridized carbons (Fsp3) is 0.500. The van der Waals surface area contributed by atoms with Crippen LogP contribution in [0.4, 0.5) is 5.69 Å². The normalized spacial score (nSPS) is 21.2. The molecule has 0 radical (unpaired) electrons. The van der Waals surface area contributed by atoms with Crippen LogP contribution in [0.2, 0.25) is 38.3 Å². The van der Waals surface area contributed by atoms with Crippen molar-refractivity contribution in [2.45, 2.75) is 38.3 Å². The molecule has 0 aromatic carbocycles. The van der Waals surface area contributed by atoms with Gasteiger partial charge in [-0.15, -0.1) is 0 Å². The minimum absolute atomic E-state index is 0.506. The molecule has 1 aliphatic heterocycles. The van der Waals surface area contributed by atoms with E-state index in [-0.39, 0.29) is 0 Å². The van der Waals surface area contributed by atoms with Crippen LogP contribution in [-0.4, -0.2) is 21.5 Å². The average molecular weight is 261 g/mol. The second-order valence-electron chi connectivity index (χ2n) is 5.97. The first kappa shape index (κ1) is 12.3. The Labute approximate surface area is 105 Å². The SMILES string of the molecule is C[Si]1(C)CC[Si](C)(C)N1c1ccc(C#N)nc1. The highest BCUT2D eigenvalue weighted by atomic mass is 28.4. The van der Waals surface area contributed by atoms with E-state index in [0.29, 0.717) is 5.69 Å². The molecule has 1 aliphatic rings. The third-order valence-corrected chi connectivity index (χ3v) is 13.7. The van der Waals surface area contributed by atoms with Crippen LogP contribution >= 0.6 is 0 Å². The molecule has 0 bridgehead atoms. The van der Waals surface area contributed by atoms with Gasteiger partial charge in [-0.1, -0.05) is 26.2 Å². The van der Waals surface area contributed by atoms with Gasteiger partial charge in [-0.2, -0.15) is 5.26 Å². The standard InChI is InChI=1S/C12H19N3Si2/c1-16(2)7-8-17(3,4)15(16)12-6-5-11(9-13)14-10-12/h5-6,10H,7-8H2,1-4H3. The summed E-state index contributed by atoms with van der Waals surface area (Å²) in [5.41, 5.74) is 1.74. The molecule has 1 fully saturated rings. The molecule has 17 heavy (non-hydrogen) atoms. The van der Waals surface area contributed by atoms with E-state index in [0.717, 1.165) is 0 Å². The van der Waals surface area contributed by atoms with Gasteiger partial charge in [-0.25, -0.2) is 4.98 Å². The zero-order chi connectivity index (χ0) is 12.7. The number of hydrogen-bond donors (Lipinski definition) is 0. The van der Waals surface area contributed by atoms with Gasteiger partial charge in [0.2, 0.25) is 0 Å². The van der Waals surface area contributed by atoms with Crippen LogP contribution in [0.1, 0.15) is 5.69 Å². The lowest BCUT2D eigenvalue weighted by atomic mass is 10.3. The number of pyridine rings is 1. The van der Waals surface area contributed by atoms with E-state index in [9.17, 15) is 0 Å². The summed E-state index contributed by atoms with van der Waals surface area (Å²) in [5, 5.41) is 8.79. The molecule has 1 aromatic heterocycles. The first-order valence-corrected chi connectivity index (χ1v) is 12.3. The lowest BCUT2D eigenvalue weighted by Gasteiger charge is -2.41. The van der Waals surface area contributed by atoms with E-state index in [2.05, 4.69) is 47.5 Å². The van der Waals surface area contributed by atoms with Gasteiger partial charge in [-0.05, 0) is 24.2 Å². The zero-order valence-corrected chi connectivity index (χ0v) is 13.0. The summed E-state index contributed by atoms with van der Waals surface area (Å²) in [5.74, 6) is 0. The molecule has 0 unspecified atom stereocenters. The Kier molecular flexibility index (Phi) is 2.88. The molecule has 0 amide bonds. The highest BCUT2D eigenvalue weighted by Crippen LogP contribution is 2.40. The van der Waals surface area contributed by atoms with Gasteiger partial charge < -0.3 is 4.23 Å². The third-order valence-electron chi connectivity index (χ3n) is 3.68. The molecule has 1 saturated heterocycles. The second-order valence-corrected chi connectivity index (χ2v) is 15.6. The summed E-state index contributed by atoms with van der Waals surface area (Å²) in [6, 6.07) is 8.75. The molecule has 1 aromatic rings. The molecule has 0 aliphatic carbocycles. The maximum atomic E-state index is 8.79. The fourth-order valence-corrected chi connectivity index (χ4v) is 17.2. The Bertz CT molecular complexity index is 444. The summed E-state index contributed by atoms with van der Waals surface area (Å²) >= 11 is 0. The Balaban J connectivity index is 2.40. The minimum atomic E-state index is -1.30. The fourth-order valence-electron chi connectivity index (χ4n) is 2.94. The van der Waals surface area contributed by atoms with Crippen molar-refractivity contribution in [1.82, 2.24) is 4.98 Å².